The Balaban J connectivity index is 1.68. The summed E-state index contributed by atoms with van der Waals surface area (Å²) in [6, 6.07) is 2.50. The minimum absolute atomic E-state index is 0.0693. The minimum Gasteiger partial charge on any atom is -0.373 e. The number of carbonyl (C=O) groups excluding carboxylic acids is 1. The van der Waals surface area contributed by atoms with Crippen molar-refractivity contribution < 1.29 is 13.6 Å². The van der Waals surface area contributed by atoms with Gasteiger partial charge >= 0.3 is 0 Å². The molecule has 0 bridgehead atoms. The maximum absolute atomic E-state index is 14.0. The van der Waals surface area contributed by atoms with Crippen LogP contribution in [0.5, 0.6) is 0 Å². The second-order valence-corrected chi connectivity index (χ2v) is 7.38. The molecule has 2 aromatic rings. The zero-order valence-electron chi connectivity index (χ0n) is 14.0. The number of thioether (sulfide) groups is 1. The van der Waals surface area contributed by atoms with Crippen LogP contribution in [0.1, 0.15) is 25.8 Å². The van der Waals surface area contributed by atoms with Gasteiger partial charge in [0.1, 0.15) is 5.69 Å². The predicted molar refractivity (Wildman–Crippen MR) is 90.7 cm³/mol. The Labute approximate surface area is 147 Å². The zero-order chi connectivity index (χ0) is 18.1. The highest BCUT2D eigenvalue weighted by Gasteiger charge is 2.29. The molecule has 1 atom stereocenters. The highest BCUT2D eigenvalue weighted by atomic mass is 32.2. The third-order valence-corrected chi connectivity index (χ3v) is 4.79. The van der Waals surface area contributed by atoms with Gasteiger partial charge < -0.3 is 10.2 Å². The molecule has 1 aliphatic rings. The number of benzene rings is 1. The number of anilines is 2. The molecule has 1 amide bonds. The number of tetrazole rings is 1. The molecular formula is C15H18F2N6OS. The van der Waals surface area contributed by atoms with Crippen molar-refractivity contribution in [2.75, 3.05) is 24.3 Å². The largest absolute Gasteiger partial charge is 0.373 e. The van der Waals surface area contributed by atoms with Crippen molar-refractivity contribution in [3.05, 3.63) is 23.8 Å². The average Bonchev–Trinajstić information content (AvgIpc) is 3.26. The van der Waals surface area contributed by atoms with E-state index in [0.717, 1.165) is 25.0 Å². The number of nitrogens with one attached hydrogen (secondary N) is 1. The van der Waals surface area contributed by atoms with Gasteiger partial charge in [-0.2, -0.15) is 0 Å². The third kappa shape index (κ3) is 3.89. The van der Waals surface area contributed by atoms with Crippen molar-refractivity contribution >= 4 is 29.0 Å². The van der Waals surface area contributed by atoms with Gasteiger partial charge in [0.2, 0.25) is 11.1 Å². The number of carbonyl (C=O) groups is 1. The lowest BCUT2D eigenvalue weighted by Gasteiger charge is -2.16. The highest BCUT2D eigenvalue weighted by Crippen LogP contribution is 2.37. The summed E-state index contributed by atoms with van der Waals surface area (Å²) in [6.07, 6.45) is 2.05. The third-order valence-electron chi connectivity index (χ3n) is 3.74. The normalized spacial score (nSPS) is 15.1. The predicted octanol–water partition coefficient (Wildman–Crippen LogP) is 2.47. The Hall–Kier alpha value is -2.23. The Morgan fingerprint density at radius 3 is 2.56 bits per heavy atom. The number of hydrogen-bond acceptors (Lipinski definition) is 6. The van der Waals surface area contributed by atoms with Gasteiger partial charge in [-0.05, 0) is 42.3 Å². The van der Waals surface area contributed by atoms with Gasteiger partial charge in [0.15, 0.2) is 11.6 Å². The second kappa shape index (κ2) is 6.95. The van der Waals surface area contributed by atoms with Crippen molar-refractivity contribution in [2.45, 2.75) is 36.2 Å². The first-order chi connectivity index (χ1) is 11.9. The first-order valence-electron chi connectivity index (χ1n) is 7.78. The van der Waals surface area contributed by atoms with E-state index < -0.39 is 16.9 Å². The molecule has 7 nitrogen and oxygen atoms in total. The van der Waals surface area contributed by atoms with Crippen LogP contribution in [0.3, 0.4) is 0 Å². The zero-order valence-corrected chi connectivity index (χ0v) is 14.8. The van der Waals surface area contributed by atoms with Crippen molar-refractivity contribution in [3.8, 4) is 0 Å². The maximum atomic E-state index is 14.0. The van der Waals surface area contributed by atoms with Crippen molar-refractivity contribution in [2.24, 2.45) is 0 Å². The van der Waals surface area contributed by atoms with Gasteiger partial charge in [-0.3, -0.25) is 4.79 Å². The molecule has 10 heteroatoms. The van der Waals surface area contributed by atoms with E-state index in [2.05, 4.69) is 20.8 Å². The summed E-state index contributed by atoms with van der Waals surface area (Å²) >= 11 is 1.21. The van der Waals surface area contributed by atoms with Gasteiger partial charge in [0.05, 0.1) is 11.3 Å². The van der Waals surface area contributed by atoms with E-state index in [0.29, 0.717) is 11.2 Å². The fourth-order valence-electron chi connectivity index (χ4n) is 2.33. The van der Waals surface area contributed by atoms with Crippen LogP contribution in [0, 0.1) is 11.6 Å². The smallest absolute Gasteiger partial charge is 0.237 e. The molecule has 1 fully saturated rings. The molecule has 0 spiro atoms. The molecule has 25 heavy (non-hydrogen) atoms. The molecule has 1 aliphatic carbocycles. The van der Waals surface area contributed by atoms with Gasteiger partial charge in [0, 0.05) is 19.8 Å². The van der Waals surface area contributed by atoms with E-state index in [9.17, 15) is 13.6 Å². The average molecular weight is 368 g/mol. The lowest BCUT2D eigenvalue weighted by Crippen LogP contribution is -2.23. The Kier molecular flexibility index (Phi) is 4.89. The van der Waals surface area contributed by atoms with E-state index in [-0.39, 0.29) is 17.3 Å². The molecule has 134 valence electrons. The summed E-state index contributed by atoms with van der Waals surface area (Å²) in [7, 11) is 3.09. The van der Waals surface area contributed by atoms with Crippen LogP contribution in [-0.4, -0.2) is 45.5 Å². The number of aromatic nitrogens is 4. The second-order valence-electron chi connectivity index (χ2n) is 6.07. The van der Waals surface area contributed by atoms with E-state index in [1.807, 2.05) is 0 Å². The summed E-state index contributed by atoms with van der Waals surface area (Å²) in [5.41, 5.74) is -0.0798. The molecule has 1 saturated carbocycles. The van der Waals surface area contributed by atoms with Gasteiger partial charge in [-0.25, -0.2) is 13.5 Å². The molecule has 0 aliphatic heterocycles. The number of halogens is 2. The fourth-order valence-corrected chi connectivity index (χ4v) is 3.19. The quantitative estimate of drug-likeness (QED) is 0.790. The molecule has 3 rings (SSSR count). The van der Waals surface area contributed by atoms with Crippen LogP contribution >= 0.6 is 11.8 Å². The maximum Gasteiger partial charge on any atom is 0.237 e. The Morgan fingerprint density at radius 1 is 1.36 bits per heavy atom. The van der Waals surface area contributed by atoms with Crippen LogP contribution < -0.4 is 10.2 Å². The highest BCUT2D eigenvalue weighted by molar-refractivity contribution is 8.00. The molecule has 1 unspecified atom stereocenters. The number of nitrogens with zero attached hydrogens (tertiary/aromatic N) is 5. The summed E-state index contributed by atoms with van der Waals surface area (Å²) in [4.78, 5) is 13.7. The lowest BCUT2D eigenvalue weighted by atomic mass is 10.2. The fraction of sp³-hybridized carbons (Fsp3) is 0.467. The van der Waals surface area contributed by atoms with Crippen LogP contribution in [-0.2, 0) is 4.79 Å². The van der Waals surface area contributed by atoms with Crippen LogP contribution in [0.15, 0.2) is 17.3 Å². The van der Waals surface area contributed by atoms with Gasteiger partial charge in [-0.1, -0.05) is 11.8 Å². The lowest BCUT2D eigenvalue weighted by molar-refractivity contribution is -0.115. The van der Waals surface area contributed by atoms with Gasteiger partial charge in [-0.15, -0.1) is 5.10 Å². The van der Waals surface area contributed by atoms with E-state index in [4.69, 9.17) is 0 Å². The minimum atomic E-state index is -0.738. The van der Waals surface area contributed by atoms with Crippen LogP contribution in [0.4, 0.5) is 20.2 Å². The molecule has 0 radical (unpaired) electrons. The van der Waals surface area contributed by atoms with E-state index in [1.165, 1.54) is 16.7 Å². The SMILES string of the molecule is CC(Sc1nnnn1C1CC1)C(=O)Nc1cc(F)c(N(C)C)c(F)c1. The summed E-state index contributed by atoms with van der Waals surface area (Å²) in [5.74, 6) is -1.86. The van der Waals surface area contributed by atoms with Crippen molar-refractivity contribution in [1.29, 1.82) is 0 Å². The topological polar surface area (TPSA) is 75.9 Å². The first-order valence-corrected chi connectivity index (χ1v) is 8.66. The van der Waals surface area contributed by atoms with Crippen LogP contribution in [0.25, 0.3) is 0 Å². The van der Waals surface area contributed by atoms with Crippen LogP contribution in [0.2, 0.25) is 0 Å². The molecule has 1 aromatic heterocycles. The Bertz CT molecular complexity index is 769. The number of amides is 1. The van der Waals surface area contributed by atoms with E-state index >= 15 is 0 Å². The molecule has 1 aromatic carbocycles. The molecule has 1 N–H and O–H groups in total. The summed E-state index contributed by atoms with van der Waals surface area (Å²) in [6.45, 7) is 1.69. The van der Waals surface area contributed by atoms with E-state index in [1.54, 1.807) is 25.7 Å². The first kappa shape index (κ1) is 17.6. The van der Waals surface area contributed by atoms with Crippen molar-refractivity contribution in [1.82, 2.24) is 20.2 Å². The molecule has 1 heterocycles. The molecular weight excluding hydrogens is 350 g/mol. The molecule has 0 saturated heterocycles. The van der Waals surface area contributed by atoms with Crippen molar-refractivity contribution in [3.63, 3.8) is 0 Å². The Morgan fingerprint density at radius 2 is 2.00 bits per heavy atom. The number of hydrogen-bond donors (Lipinski definition) is 1. The summed E-state index contributed by atoms with van der Waals surface area (Å²) < 4.78 is 29.7. The standard InChI is InChI=1S/C15H18F2N6OS/c1-8(25-15-19-20-21-23(15)10-4-5-10)14(24)18-9-6-11(16)13(22(2)3)12(17)7-9/h6-8,10H,4-5H2,1-3H3,(H,18,24). The monoisotopic (exact) mass is 368 g/mol. The van der Waals surface area contributed by atoms with Gasteiger partial charge in [0.25, 0.3) is 0 Å². The number of rotatable bonds is 6. The summed E-state index contributed by atoms with van der Waals surface area (Å²) in [5, 5.41) is 14.1.